The number of likely N-dealkylation sites (tertiary alicyclic amines) is 1. The van der Waals surface area contributed by atoms with Crippen LogP contribution in [-0.2, 0) is 6.54 Å². The Labute approximate surface area is 148 Å². The van der Waals surface area contributed by atoms with Gasteiger partial charge in [0.1, 0.15) is 0 Å². The lowest BCUT2D eigenvalue weighted by molar-refractivity contribution is 0.105. The summed E-state index contributed by atoms with van der Waals surface area (Å²) in [5.41, 5.74) is 1.20. The van der Waals surface area contributed by atoms with E-state index in [2.05, 4.69) is 15.9 Å². The Bertz CT molecular complexity index is 561. The van der Waals surface area contributed by atoms with Gasteiger partial charge in [0.25, 0.3) is 0 Å². The SMILES string of the molecule is O=C(O)N1CCCN(C2CCN(Cc3ccccc3Cl)CC2)CC1. The highest BCUT2D eigenvalue weighted by Gasteiger charge is 2.27. The largest absolute Gasteiger partial charge is 0.465 e. The summed E-state index contributed by atoms with van der Waals surface area (Å²) < 4.78 is 0. The third kappa shape index (κ3) is 4.41. The van der Waals surface area contributed by atoms with Crippen molar-refractivity contribution in [1.29, 1.82) is 0 Å². The van der Waals surface area contributed by atoms with Crippen molar-refractivity contribution < 1.29 is 9.90 Å². The predicted octanol–water partition coefficient (Wildman–Crippen LogP) is 2.99. The molecular formula is C18H26ClN3O2. The third-order valence-electron chi connectivity index (χ3n) is 5.23. The Balaban J connectivity index is 1.48. The Morgan fingerprint density at radius 1 is 1.08 bits per heavy atom. The number of hydrogen-bond acceptors (Lipinski definition) is 3. The number of rotatable bonds is 3. The van der Waals surface area contributed by atoms with Crippen LogP contribution < -0.4 is 0 Å². The molecule has 2 aliphatic rings. The third-order valence-corrected chi connectivity index (χ3v) is 5.60. The first-order chi connectivity index (χ1) is 11.6. The number of hydrogen-bond donors (Lipinski definition) is 1. The number of benzene rings is 1. The van der Waals surface area contributed by atoms with Crippen LogP contribution in [0.15, 0.2) is 24.3 Å². The second-order valence-corrected chi connectivity index (χ2v) is 7.17. The fraction of sp³-hybridized carbons (Fsp3) is 0.611. The van der Waals surface area contributed by atoms with Gasteiger partial charge >= 0.3 is 6.09 Å². The van der Waals surface area contributed by atoms with Crippen molar-refractivity contribution in [2.45, 2.75) is 31.8 Å². The van der Waals surface area contributed by atoms with Gasteiger partial charge in [0.15, 0.2) is 0 Å². The zero-order chi connectivity index (χ0) is 16.9. The van der Waals surface area contributed by atoms with Crippen LogP contribution in [0, 0.1) is 0 Å². The lowest BCUT2D eigenvalue weighted by Gasteiger charge is -2.38. The maximum absolute atomic E-state index is 11.1. The lowest BCUT2D eigenvalue weighted by atomic mass is 10.0. The molecule has 5 nitrogen and oxygen atoms in total. The van der Waals surface area contributed by atoms with Crippen molar-refractivity contribution in [1.82, 2.24) is 14.7 Å². The molecule has 0 radical (unpaired) electrons. The highest BCUT2D eigenvalue weighted by atomic mass is 35.5. The zero-order valence-electron chi connectivity index (χ0n) is 14.0. The number of piperidine rings is 1. The van der Waals surface area contributed by atoms with E-state index in [-0.39, 0.29) is 0 Å². The Hall–Kier alpha value is -1.30. The molecule has 2 heterocycles. The monoisotopic (exact) mass is 351 g/mol. The minimum atomic E-state index is -0.786. The van der Waals surface area contributed by atoms with Crippen molar-refractivity contribution in [3.05, 3.63) is 34.9 Å². The van der Waals surface area contributed by atoms with Crippen LogP contribution in [-0.4, -0.2) is 71.2 Å². The molecule has 2 fully saturated rings. The molecule has 24 heavy (non-hydrogen) atoms. The van der Waals surface area contributed by atoms with E-state index in [4.69, 9.17) is 16.7 Å². The standard InChI is InChI=1S/C18H26ClN3O2/c19-17-5-2-1-4-15(17)14-20-10-6-16(7-11-20)21-8-3-9-22(13-12-21)18(23)24/h1-2,4-5,16H,3,6-14H2,(H,23,24). The summed E-state index contributed by atoms with van der Waals surface area (Å²) in [5.74, 6) is 0. The minimum Gasteiger partial charge on any atom is -0.465 e. The Morgan fingerprint density at radius 3 is 2.54 bits per heavy atom. The van der Waals surface area contributed by atoms with Crippen molar-refractivity contribution in [2.75, 3.05) is 39.3 Å². The first-order valence-electron chi connectivity index (χ1n) is 8.81. The molecule has 0 spiro atoms. The summed E-state index contributed by atoms with van der Waals surface area (Å²) in [4.78, 5) is 17.6. The van der Waals surface area contributed by atoms with E-state index in [1.54, 1.807) is 4.90 Å². The summed E-state index contributed by atoms with van der Waals surface area (Å²) in [6, 6.07) is 8.65. The minimum absolute atomic E-state index is 0.584. The molecule has 0 unspecified atom stereocenters. The van der Waals surface area contributed by atoms with Crippen LogP contribution in [0.1, 0.15) is 24.8 Å². The van der Waals surface area contributed by atoms with Crippen LogP contribution in [0.25, 0.3) is 0 Å². The molecule has 0 aliphatic carbocycles. The highest BCUT2D eigenvalue weighted by molar-refractivity contribution is 6.31. The number of carbonyl (C=O) groups is 1. The first kappa shape index (κ1) is 17.5. The van der Waals surface area contributed by atoms with Gasteiger partial charge in [0.05, 0.1) is 0 Å². The smallest absolute Gasteiger partial charge is 0.407 e. The molecule has 1 amide bonds. The second kappa shape index (κ2) is 8.19. The van der Waals surface area contributed by atoms with Gasteiger partial charge < -0.3 is 10.0 Å². The van der Waals surface area contributed by atoms with Crippen LogP contribution in [0.2, 0.25) is 5.02 Å². The van der Waals surface area contributed by atoms with E-state index in [9.17, 15) is 4.79 Å². The number of carboxylic acid groups (broad SMARTS) is 1. The average Bonchev–Trinajstić information content (AvgIpc) is 2.84. The van der Waals surface area contributed by atoms with Gasteiger partial charge in [-0.2, -0.15) is 0 Å². The highest BCUT2D eigenvalue weighted by Crippen LogP contribution is 2.22. The van der Waals surface area contributed by atoms with E-state index in [0.29, 0.717) is 19.1 Å². The molecule has 6 heteroatoms. The lowest BCUT2D eigenvalue weighted by Crippen LogP contribution is -2.46. The topological polar surface area (TPSA) is 47.0 Å². The molecule has 0 saturated carbocycles. The quantitative estimate of drug-likeness (QED) is 0.909. The number of nitrogens with zero attached hydrogens (tertiary/aromatic N) is 3. The fourth-order valence-electron chi connectivity index (χ4n) is 3.80. The summed E-state index contributed by atoms with van der Waals surface area (Å²) in [6.07, 6.45) is 2.45. The molecule has 1 aromatic carbocycles. The summed E-state index contributed by atoms with van der Waals surface area (Å²) in [6.45, 7) is 6.25. The average molecular weight is 352 g/mol. The van der Waals surface area contributed by atoms with Gasteiger partial charge in [0.2, 0.25) is 0 Å². The van der Waals surface area contributed by atoms with Crippen LogP contribution in [0.5, 0.6) is 0 Å². The van der Waals surface area contributed by atoms with Crippen molar-refractivity contribution in [3.63, 3.8) is 0 Å². The normalized spacial score (nSPS) is 21.6. The molecule has 2 aliphatic heterocycles. The van der Waals surface area contributed by atoms with Crippen molar-refractivity contribution >= 4 is 17.7 Å². The van der Waals surface area contributed by atoms with Gasteiger partial charge in [-0.25, -0.2) is 4.79 Å². The van der Waals surface area contributed by atoms with Gasteiger partial charge in [-0.3, -0.25) is 9.80 Å². The van der Waals surface area contributed by atoms with Crippen molar-refractivity contribution in [2.24, 2.45) is 0 Å². The first-order valence-corrected chi connectivity index (χ1v) is 9.19. The molecule has 0 atom stereocenters. The van der Waals surface area contributed by atoms with Gasteiger partial charge in [-0.1, -0.05) is 29.8 Å². The number of amides is 1. The molecular weight excluding hydrogens is 326 g/mol. The van der Waals surface area contributed by atoms with Crippen LogP contribution >= 0.6 is 11.6 Å². The fourth-order valence-corrected chi connectivity index (χ4v) is 4.00. The van der Waals surface area contributed by atoms with E-state index >= 15 is 0 Å². The maximum Gasteiger partial charge on any atom is 0.407 e. The van der Waals surface area contributed by atoms with Gasteiger partial charge in [0, 0.05) is 43.8 Å². The Morgan fingerprint density at radius 2 is 1.83 bits per heavy atom. The van der Waals surface area contributed by atoms with Gasteiger partial charge in [-0.15, -0.1) is 0 Å². The predicted molar refractivity (Wildman–Crippen MR) is 95.5 cm³/mol. The zero-order valence-corrected chi connectivity index (χ0v) is 14.8. The molecule has 1 aromatic rings. The van der Waals surface area contributed by atoms with E-state index in [1.165, 1.54) is 5.56 Å². The van der Waals surface area contributed by atoms with Crippen LogP contribution in [0.3, 0.4) is 0 Å². The molecule has 2 saturated heterocycles. The molecule has 132 valence electrons. The molecule has 0 aromatic heterocycles. The molecule has 0 bridgehead atoms. The van der Waals surface area contributed by atoms with E-state index < -0.39 is 6.09 Å². The number of halogens is 1. The summed E-state index contributed by atoms with van der Waals surface area (Å²) in [5, 5.41) is 10.00. The van der Waals surface area contributed by atoms with Crippen molar-refractivity contribution in [3.8, 4) is 0 Å². The molecule has 3 rings (SSSR count). The van der Waals surface area contributed by atoms with E-state index in [0.717, 1.165) is 57.0 Å². The summed E-state index contributed by atoms with van der Waals surface area (Å²) in [7, 11) is 0. The van der Waals surface area contributed by atoms with E-state index in [1.807, 2.05) is 18.2 Å². The van der Waals surface area contributed by atoms with Crippen LogP contribution in [0.4, 0.5) is 4.79 Å². The second-order valence-electron chi connectivity index (χ2n) is 6.76. The molecule has 1 N–H and O–H groups in total. The Kier molecular flexibility index (Phi) is 5.98. The van der Waals surface area contributed by atoms with Gasteiger partial charge in [-0.05, 0) is 44.0 Å². The summed E-state index contributed by atoms with van der Waals surface area (Å²) >= 11 is 6.26. The maximum atomic E-state index is 11.1.